The Morgan fingerprint density at radius 1 is 1.20 bits per heavy atom. The average Bonchev–Trinajstić information content (AvgIpc) is 2.87. The number of rotatable bonds is 8. The number of hydrogen-bond acceptors (Lipinski definition) is 7. The minimum atomic E-state index is -1.02. The fourth-order valence-electron chi connectivity index (χ4n) is 3.25. The van der Waals surface area contributed by atoms with Gasteiger partial charge in [-0.05, 0) is 26.3 Å². The van der Waals surface area contributed by atoms with Crippen LogP contribution >= 0.6 is 0 Å². The zero-order chi connectivity index (χ0) is 22.1. The molecule has 1 saturated heterocycles. The van der Waals surface area contributed by atoms with E-state index in [9.17, 15) is 14.4 Å². The van der Waals surface area contributed by atoms with Crippen LogP contribution in [0.1, 0.15) is 39.2 Å². The number of methoxy groups -OCH3 is 1. The van der Waals surface area contributed by atoms with E-state index in [0.717, 1.165) is 5.56 Å². The first-order chi connectivity index (χ1) is 14.3. The van der Waals surface area contributed by atoms with E-state index in [4.69, 9.17) is 18.9 Å². The number of ether oxygens (including phenoxy) is 4. The Bertz CT molecular complexity index is 767. The molecule has 0 spiro atoms. The Morgan fingerprint density at radius 3 is 2.53 bits per heavy atom. The number of carbonyl (C=O) groups excluding carboxylic acids is 3. The lowest BCUT2D eigenvalue weighted by Gasteiger charge is -2.32. The molecule has 1 aromatic carbocycles. The van der Waals surface area contributed by atoms with Gasteiger partial charge in [-0.15, -0.1) is 0 Å². The molecule has 0 radical (unpaired) electrons. The van der Waals surface area contributed by atoms with E-state index in [0.29, 0.717) is 6.61 Å². The molecule has 1 heterocycles. The van der Waals surface area contributed by atoms with Crippen molar-refractivity contribution in [3.05, 3.63) is 47.5 Å². The summed E-state index contributed by atoms with van der Waals surface area (Å²) in [7, 11) is 1.31. The predicted octanol–water partition coefficient (Wildman–Crippen LogP) is 3.01. The summed E-state index contributed by atoms with van der Waals surface area (Å²) in [6, 6.07) is 9.66. The van der Waals surface area contributed by atoms with Crippen LogP contribution in [0.15, 0.2) is 42.0 Å². The van der Waals surface area contributed by atoms with Gasteiger partial charge in [0.25, 0.3) is 0 Å². The number of esters is 2. The summed E-state index contributed by atoms with van der Waals surface area (Å²) < 4.78 is 21.8. The van der Waals surface area contributed by atoms with Crippen molar-refractivity contribution in [2.24, 2.45) is 5.41 Å². The quantitative estimate of drug-likeness (QED) is 0.474. The second-order valence-corrected chi connectivity index (χ2v) is 7.71. The molecule has 7 heteroatoms. The first-order valence-electron chi connectivity index (χ1n) is 10.0. The highest BCUT2D eigenvalue weighted by Crippen LogP contribution is 2.34. The predicted molar refractivity (Wildman–Crippen MR) is 110 cm³/mol. The summed E-state index contributed by atoms with van der Waals surface area (Å²) in [6.07, 6.45) is 0.136. The van der Waals surface area contributed by atoms with Gasteiger partial charge in [-0.3, -0.25) is 9.59 Å². The fraction of sp³-hybridized carbons (Fsp3) is 0.522. The molecular weight excluding hydrogens is 388 g/mol. The van der Waals surface area contributed by atoms with Crippen molar-refractivity contribution in [1.29, 1.82) is 0 Å². The molecule has 0 aromatic heterocycles. The molecule has 1 aromatic rings. The van der Waals surface area contributed by atoms with Gasteiger partial charge in [-0.1, -0.05) is 30.3 Å². The minimum absolute atomic E-state index is 0.0494. The normalized spacial score (nSPS) is 21.2. The Kier molecular flexibility index (Phi) is 8.74. The molecule has 1 aliphatic heterocycles. The number of benzene rings is 1. The first kappa shape index (κ1) is 23.8. The lowest BCUT2D eigenvalue weighted by molar-refractivity contribution is -0.165. The molecule has 0 saturated carbocycles. The van der Waals surface area contributed by atoms with Crippen molar-refractivity contribution < 1.29 is 33.3 Å². The molecule has 0 bridgehead atoms. The van der Waals surface area contributed by atoms with Gasteiger partial charge in [-0.25, -0.2) is 4.79 Å². The molecule has 2 atom stereocenters. The summed E-state index contributed by atoms with van der Waals surface area (Å²) in [5.74, 6) is -1.27. The summed E-state index contributed by atoms with van der Waals surface area (Å²) in [5.41, 5.74) is 0.262. The third kappa shape index (κ3) is 6.50. The average molecular weight is 418 g/mol. The van der Waals surface area contributed by atoms with Crippen LogP contribution in [0.5, 0.6) is 0 Å². The molecule has 2 rings (SSSR count). The molecule has 0 unspecified atom stereocenters. The standard InChI is InChI=1S/C23H30O7/c1-5-29-21(25)12-17-11-20(23(2,3)22(26)27-4)30-18(13-19(17)24)15-28-14-16-9-7-6-8-10-16/h6-10,12,18,20H,5,11,13-15H2,1-4H3/b17-12+/t18-,20-/m1/s1. The van der Waals surface area contributed by atoms with E-state index in [-0.39, 0.29) is 37.4 Å². The van der Waals surface area contributed by atoms with Gasteiger partial charge in [0, 0.05) is 24.5 Å². The van der Waals surface area contributed by atoms with Gasteiger partial charge in [0.2, 0.25) is 0 Å². The van der Waals surface area contributed by atoms with E-state index in [2.05, 4.69) is 0 Å². The second kappa shape index (κ2) is 11.0. The third-order valence-electron chi connectivity index (χ3n) is 5.04. The number of hydrogen-bond donors (Lipinski definition) is 0. The smallest absolute Gasteiger partial charge is 0.331 e. The third-order valence-corrected chi connectivity index (χ3v) is 5.04. The zero-order valence-electron chi connectivity index (χ0n) is 18.0. The molecule has 1 fully saturated rings. The van der Waals surface area contributed by atoms with Gasteiger partial charge in [-0.2, -0.15) is 0 Å². The Balaban J connectivity index is 2.18. The highest BCUT2D eigenvalue weighted by molar-refractivity contribution is 6.01. The van der Waals surface area contributed by atoms with E-state index in [1.54, 1.807) is 20.8 Å². The van der Waals surface area contributed by atoms with Crippen molar-refractivity contribution in [2.75, 3.05) is 20.3 Å². The fourth-order valence-corrected chi connectivity index (χ4v) is 3.25. The van der Waals surface area contributed by atoms with Crippen LogP contribution in [-0.2, 0) is 39.9 Å². The van der Waals surface area contributed by atoms with Gasteiger partial charge >= 0.3 is 11.9 Å². The van der Waals surface area contributed by atoms with Crippen LogP contribution in [0.3, 0.4) is 0 Å². The number of Topliss-reactive ketones (excluding diaryl/α,β-unsaturated/α-hetero) is 1. The van der Waals surface area contributed by atoms with E-state index in [1.807, 2.05) is 30.3 Å². The SMILES string of the molecule is CCOC(=O)/C=C1\C[C@H](C(C)(C)C(=O)OC)O[C@@H](COCc2ccccc2)CC1=O. The summed E-state index contributed by atoms with van der Waals surface area (Å²) >= 11 is 0. The van der Waals surface area contributed by atoms with Crippen molar-refractivity contribution >= 4 is 17.7 Å². The van der Waals surface area contributed by atoms with Crippen molar-refractivity contribution in [3.8, 4) is 0 Å². The molecule has 0 amide bonds. The van der Waals surface area contributed by atoms with Crippen LogP contribution in [-0.4, -0.2) is 50.3 Å². The molecule has 1 aliphatic rings. The summed E-state index contributed by atoms with van der Waals surface area (Å²) in [4.78, 5) is 37.0. The number of carbonyl (C=O) groups is 3. The van der Waals surface area contributed by atoms with Crippen molar-refractivity contribution in [1.82, 2.24) is 0 Å². The van der Waals surface area contributed by atoms with Crippen molar-refractivity contribution in [3.63, 3.8) is 0 Å². The number of ketones is 1. The highest BCUT2D eigenvalue weighted by Gasteiger charge is 2.43. The Labute approximate surface area is 177 Å². The van der Waals surface area contributed by atoms with E-state index in [1.165, 1.54) is 13.2 Å². The Hall–Kier alpha value is -2.51. The molecule has 164 valence electrons. The molecule has 0 aliphatic carbocycles. The topological polar surface area (TPSA) is 88.1 Å². The van der Waals surface area contributed by atoms with Crippen LogP contribution in [0.2, 0.25) is 0 Å². The molecule has 0 N–H and O–H groups in total. The van der Waals surface area contributed by atoms with Crippen molar-refractivity contribution in [2.45, 2.75) is 52.4 Å². The minimum Gasteiger partial charge on any atom is -0.469 e. The summed E-state index contributed by atoms with van der Waals surface area (Å²) in [5, 5.41) is 0. The Morgan fingerprint density at radius 2 is 1.90 bits per heavy atom. The molecule has 30 heavy (non-hydrogen) atoms. The molecule has 7 nitrogen and oxygen atoms in total. The van der Waals surface area contributed by atoms with Crippen LogP contribution in [0.25, 0.3) is 0 Å². The largest absolute Gasteiger partial charge is 0.469 e. The highest BCUT2D eigenvalue weighted by atomic mass is 16.6. The van der Waals surface area contributed by atoms with E-state index >= 15 is 0 Å². The van der Waals surface area contributed by atoms with Gasteiger partial charge in [0.1, 0.15) is 0 Å². The monoisotopic (exact) mass is 418 g/mol. The van der Waals surface area contributed by atoms with Crippen LogP contribution in [0.4, 0.5) is 0 Å². The lowest BCUT2D eigenvalue weighted by atomic mass is 9.82. The van der Waals surface area contributed by atoms with Gasteiger partial charge < -0.3 is 18.9 Å². The first-order valence-corrected chi connectivity index (χ1v) is 10.0. The van der Waals surface area contributed by atoms with Crippen LogP contribution < -0.4 is 0 Å². The maximum atomic E-state index is 12.8. The lowest BCUT2D eigenvalue weighted by Crippen LogP contribution is -2.42. The maximum absolute atomic E-state index is 12.8. The summed E-state index contributed by atoms with van der Waals surface area (Å²) in [6.45, 7) is 5.86. The maximum Gasteiger partial charge on any atom is 0.331 e. The second-order valence-electron chi connectivity index (χ2n) is 7.71. The molecular formula is C23H30O7. The van der Waals surface area contributed by atoms with E-state index < -0.39 is 29.6 Å². The van der Waals surface area contributed by atoms with Gasteiger partial charge in [0.15, 0.2) is 5.78 Å². The van der Waals surface area contributed by atoms with Gasteiger partial charge in [0.05, 0.1) is 44.6 Å². The van der Waals surface area contributed by atoms with Crippen LogP contribution in [0, 0.1) is 5.41 Å². The zero-order valence-corrected chi connectivity index (χ0v) is 18.0.